The Morgan fingerprint density at radius 3 is 1.28 bits per heavy atom. The van der Waals surface area contributed by atoms with Crippen LogP contribution in [0.15, 0.2) is 30.3 Å². The van der Waals surface area contributed by atoms with Crippen LogP contribution in [0.4, 0.5) is 0 Å². The zero-order valence-corrected chi connectivity index (χ0v) is 20.5. The van der Waals surface area contributed by atoms with E-state index in [9.17, 15) is 0 Å². The molecule has 1 rings (SSSR count). The Hall–Kier alpha value is 0.856. The molecule has 0 heterocycles. The predicted octanol–water partition coefficient (Wildman–Crippen LogP) is 5.61. The molecule has 1 heteroatoms. The topological polar surface area (TPSA) is 0 Å². The quantitative estimate of drug-likeness (QED) is 0.247. The molecule has 0 saturated heterocycles. The van der Waals surface area contributed by atoms with Crippen molar-refractivity contribution >= 4 is 0 Å². The van der Waals surface area contributed by atoms with Gasteiger partial charge < -0.3 is 1.43 Å². The monoisotopic (exact) mass is 370 g/mol. The number of aryl methyl sites for hydroxylation is 1. The molecular formula is C24H43K. The first-order valence-corrected chi connectivity index (χ1v) is 11.0. The van der Waals surface area contributed by atoms with Gasteiger partial charge in [-0.25, -0.2) is 0 Å². The minimum atomic E-state index is 0. The third-order valence-electron chi connectivity index (χ3n) is 5.16. The van der Waals surface area contributed by atoms with Crippen LogP contribution in [0.1, 0.15) is 117 Å². The second-order valence-corrected chi connectivity index (χ2v) is 7.54. The third kappa shape index (κ3) is 18.0. The molecule has 1 aromatic rings. The zero-order valence-electron chi connectivity index (χ0n) is 18.4. The Morgan fingerprint density at radius 2 is 0.880 bits per heavy atom. The molecule has 0 aliphatic rings. The second-order valence-electron chi connectivity index (χ2n) is 7.54. The summed E-state index contributed by atoms with van der Waals surface area (Å²) in [7, 11) is 0. The molecule has 0 aliphatic heterocycles. The minimum absolute atomic E-state index is 0. The van der Waals surface area contributed by atoms with E-state index < -0.39 is 0 Å². The number of unbranched alkanes of at least 4 members (excludes halogenated alkanes) is 15. The molecule has 1 aromatic carbocycles. The fourth-order valence-electron chi connectivity index (χ4n) is 3.52. The van der Waals surface area contributed by atoms with Crippen LogP contribution in [-0.2, 0) is 6.42 Å². The van der Waals surface area contributed by atoms with E-state index in [0.717, 1.165) is 0 Å². The van der Waals surface area contributed by atoms with Gasteiger partial charge in [0.15, 0.2) is 0 Å². The van der Waals surface area contributed by atoms with E-state index in [1.165, 1.54) is 115 Å². The third-order valence-corrected chi connectivity index (χ3v) is 5.16. The molecule has 0 aliphatic carbocycles. The fraction of sp³-hybridized carbons (Fsp3) is 0.750. The summed E-state index contributed by atoms with van der Waals surface area (Å²) in [4.78, 5) is 0. The minimum Gasteiger partial charge on any atom is -1.00 e. The van der Waals surface area contributed by atoms with Crippen LogP contribution < -0.4 is 51.4 Å². The molecule has 25 heavy (non-hydrogen) atoms. The van der Waals surface area contributed by atoms with Crippen LogP contribution in [0.3, 0.4) is 0 Å². The van der Waals surface area contributed by atoms with E-state index in [-0.39, 0.29) is 52.8 Å². The number of hydrogen-bond acceptors (Lipinski definition) is 0. The molecule has 0 spiro atoms. The predicted molar refractivity (Wildman–Crippen MR) is 111 cm³/mol. The molecular weight excluding hydrogens is 327 g/mol. The summed E-state index contributed by atoms with van der Waals surface area (Å²) in [5, 5.41) is 0. The SMILES string of the molecule is CCCCCCCCCCCCCCCCCCc1ccccc1.[H-].[K+]. The maximum Gasteiger partial charge on any atom is 1.00 e. The Labute approximate surface area is 202 Å². The van der Waals surface area contributed by atoms with Gasteiger partial charge in [-0.1, -0.05) is 134 Å². The van der Waals surface area contributed by atoms with Crippen molar-refractivity contribution in [3.8, 4) is 0 Å². The summed E-state index contributed by atoms with van der Waals surface area (Å²) in [6.45, 7) is 2.30. The summed E-state index contributed by atoms with van der Waals surface area (Å²) in [6, 6.07) is 10.9. The second kappa shape index (κ2) is 21.2. The molecule has 0 fully saturated rings. The summed E-state index contributed by atoms with van der Waals surface area (Å²) in [5.74, 6) is 0. The number of hydrogen-bond donors (Lipinski definition) is 0. The van der Waals surface area contributed by atoms with Crippen molar-refractivity contribution in [1.29, 1.82) is 0 Å². The molecule has 0 N–H and O–H groups in total. The van der Waals surface area contributed by atoms with Gasteiger partial charge in [0.2, 0.25) is 0 Å². The van der Waals surface area contributed by atoms with E-state index >= 15 is 0 Å². The van der Waals surface area contributed by atoms with Gasteiger partial charge in [0.05, 0.1) is 0 Å². The van der Waals surface area contributed by atoms with Crippen molar-refractivity contribution in [3.63, 3.8) is 0 Å². The first-order chi connectivity index (χ1) is 11.9. The number of rotatable bonds is 17. The van der Waals surface area contributed by atoms with Crippen molar-refractivity contribution in [2.24, 2.45) is 0 Å². The Morgan fingerprint density at radius 1 is 0.520 bits per heavy atom. The maximum absolute atomic E-state index is 2.30. The maximum atomic E-state index is 2.30. The Bertz CT molecular complexity index is 352. The van der Waals surface area contributed by atoms with Gasteiger partial charge in [0.25, 0.3) is 0 Å². The van der Waals surface area contributed by atoms with Gasteiger partial charge in [0, 0.05) is 0 Å². The average molecular weight is 371 g/mol. The average Bonchev–Trinajstić information content (AvgIpc) is 2.62. The molecule has 0 aromatic heterocycles. The Balaban J connectivity index is 0. The molecule has 0 unspecified atom stereocenters. The van der Waals surface area contributed by atoms with E-state index in [2.05, 4.69) is 37.3 Å². The van der Waals surface area contributed by atoms with Gasteiger partial charge >= 0.3 is 51.4 Å². The summed E-state index contributed by atoms with van der Waals surface area (Å²) in [5.41, 5.74) is 1.50. The smallest absolute Gasteiger partial charge is 1.00 e. The van der Waals surface area contributed by atoms with Gasteiger partial charge in [0.1, 0.15) is 0 Å². The zero-order chi connectivity index (χ0) is 17.1. The molecule has 0 nitrogen and oxygen atoms in total. The van der Waals surface area contributed by atoms with Crippen molar-refractivity contribution < 1.29 is 52.8 Å². The van der Waals surface area contributed by atoms with Crippen LogP contribution in [0.5, 0.6) is 0 Å². The van der Waals surface area contributed by atoms with E-state index in [1.807, 2.05) is 0 Å². The summed E-state index contributed by atoms with van der Waals surface area (Å²) in [6.07, 6.45) is 24.4. The first-order valence-electron chi connectivity index (χ1n) is 11.0. The van der Waals surface area contributed by atoms with E-state index in [0.29, 0.717) is 0 Å². The van der Waals surface area contributed by atoms with Crippen LogP contribution in [-0.4, -0.2) is 0 Å². The Kier molecular flexibility index (Phi) is 21.9. The van der Waals surface area contributed by atoms with Gasteiger partial charge in [-0.05, 0) is 18.4 Å². The standard InChI is InChI=1S/C24H42.K.H/c1-2-3-4-5-6-7-8-9-10-11-12-13-14-15-16-18-21-24-22-19-17-20-23-24;;/h17,19-20,22-23H,2-16,18,21H2,1H3;;/q;+1;-1. The van der Waals surface area contributed by atoms with Crippen molar-refractivity contribution in [1.82, 2.24) is 0 Å². The normalized spacial score (nSPS) is 10.6. The van der Waals surface area contributed by atoms with Crippen molar-refractivity contribution in [3.05, 3.63) is 35.9 Å². The number of benzene rings is 1. The van der Waals surface area contributed by atoms with Crippen LogP contribution >= 0.6 is 0 Å². The van der Waals surface area contributed by atoms with Crippen LogP contribution in [0.2, 0.25) is 0 Å². The largest absolute Gasteiger partial charge is 1.00 e. The fourth-order valence-corrected chi connectivity index (χ4v) is 3.52. The van der Waals surface area contributed by atoms with Crippen molar-refractivity contribution in [2.45, 2.75) is 116 Å². The summed E-state index contributed by atoms with van der Waals surface area (Å²) < 4.78 is 0. The van der Waals surface area contributed by atoms with Gasteiger partial charge in [-0.3, -0.25) is 0 Å². The summed E-state index contributed by atoms with van der Waals surface area (Å²) >= 11 is 0. The molecule has 140 valence electrons. The molecule has 0 radical (unpaired) electrons. The van der Waals surface area contributed by atoms with E-state index in [1.54, 1.807) is 0 Å². The van der Waals surface area contributed by atoms with Gasteiger partial charge in [-0.15, -0.1) is 0 Å². The molecule has 0 amide bonds. The van der Waals surface area contributed by atoms with Crippen LogP contribution in [0, 0.1) is 0 Å². The van der Waals surface area contributed by atoms with Crippen molar-refractivity contribution in [2.75, 3.05) is 0 Å². The van der Waals surface area contributed by atoms with Gasteiger partial charge in [-0.2, -0.15) is 0 Å². The molecule has 0 bridgehead atoms. The van der Waals surface area contributed by atoms with E-state index in [4.69, 9.17) is 0 Å². The first kappa shape index (κ1) is 25.9. The van der Waals surface area contributed by atoms with Crippen LogP contribution in [0.25, 0.3) is 0 Å². The molecule has 0 atom stereocenters. The molecule has 0 saturated carbocycles.